The molecule has 0 aromatic heterocycles. The number of nitrogens with two attached hydrogens (primary N) is 1. The normalized spacial score (nSPS) is 13.6. The van der Waals surface area contributed by atoms with Gasteiger partial charge < -0.3 is 11.1 Å². The molecule has 0 fully saturated rings. The van der Waals surface area contributed by atoms with Crippen molar-refractivity contribution in [2.24, 2.45) is 10.7 Å². The summed E-state index contributed by atoms with van der Waals surface area (Å²) in [6.45, 7) is 0.822. The van der Waals surface area contributed by atoms with E-state index in [4.69, 9.17) is 5.73 Å². The molecule has 2 rings (SSSR count). The molecule has 22 heavy (non-hydrogen) atoms. The molecule has 5 heteroatoms. The maximum absolute atomic E-state index is 5.95. The van der Waals surface area contributed by atoms with E-state index in [1.54, 1.807) is 0 Å². The van der Waals surface area contributed by atoms with Crippen molar-refractivity contribution >= 4 is 47.4 Å². The number of fused-ring (bicyclic) bond motifs is 1. The molecule has 0 unspecified atom stereocenters. The van der Waals surface area contributed by atoms with Crippen LogP contribution in [-0.4, -0.2) is 24.5 Å². The van der Waals surface area contributed by atoms with E-state index >= 15 is 0 Å². The summed E-state index contributed by atoms with van der Waals surface area (Å²) in [7, 11) is 0. The number of benzene rings is 1. The van der Waals surface area contributed by atoms with Crippen molar-refractivity contribution in [1.82, 2.24) is 0 Å². The van der Waals surface area contributed by atoms with Crippen molar-refractivity contribution < 1.29 is 0 Å². The number of hydrogen-bond acceptors (Lipinski definition) is 2. The van der Waals surface area contributed by atoms with Gasteiger partial charge in [-0.25, -0.2) is 0 Å². The van der Waals surface area contributed by atoms with E-state index in [-0.39, 0.29) is 24.0 Å². The van der Waals surface area contributed by atoms with Crippen LogP contribution in [-0.2, 0) is 12.8 Å². The van der Waals surface area contributed by atoms with Crippen molar-refractivity contribution in [2.75, 3.05) is 23.9 Å². The zero-order chi connectivity index (χ0) is 14.9. The quantitative estimate of drug-likeness (QED) is 0.276. The van der Waals surface area contributed by atoms with Crippen molar-refractivity contribution in [1.29, 1.82) is 0 Å². The van der Waals surface area contributed by atoms with Gasteiger partial charge in [0.15, 0.2) is 5.96 Å². The van der Waals surface area contributed by atoms with Gasteiger partial charge >= 0.3 is 0 Å². The van der Waals surface area contributed by atoms with E-state index in [0.29, 0.717) is 5.96 Å². The van der Waals surface area contributed by atoms with Gasteiger partial charge in [0.25, 0.3) is 0 Å². The summed E-state index contributed by atoms with van der Waals surface area (Å²) in [5.74, 6) is 1.81. The van der Waals surface area contributed by atoms with Gasteiger partial charge in [-0.3, -0.25) is 4.99 Å². The largest absolute Gasteiger partial charge is 0.370 e. The van der Waals surface area contributed by atoms with Crippen LogP contribution in [0.4, 0.5) is 5.69 Å². The lowest BCUT2D eigenvalue weighted by Crippen LogP contribution is -2.22. The number of guanidine groups is 1. The minimum atomic E-state index is 0. The molecule has 0 amide bonds. The summed E-state index contributed by atoms with van der Waals surface area (Å²) in [5, 5.41) is 3.21. The van der Waals surface area contributed by atoms with E-state index in [1.165, 1.54) is 55.4 Å². The Hall–Kier alpha value is -0.430. The van der Waals surface area contributed by atoms with Gasteiger partial charge in [0, 0.05) is 12.2 Å². The summed E-state index contributed by atoms with van der Waals surface area (Å²) in [6, 6.07) is 6.53. The van der Waals surface area contributed by atoms with Crippen LogP contribution in [0.15, 0.2) is 23.2 Å². The van der Waals surface area contributed by atoms with Gasteiger partial charge in [0.05, 0.1) is 0 Å². The lowest BCUT2D eigenvalue weighted by Gasteiger charge is -2.08. The van der Waals surface area contributed by atoms with Crippen molar-refractivity contribution in [3.63, 3.8) is 0 Å². The number of halogens is 1. The number of nitrogens with one attached hydrogen (secondary N) is 1. The summed E-state index contributed by atoms with van der Waals surface area (Å²) in [5.41, 5.74) is 9.96. The number of nitrogens with zero attached hydrogens (tertiary/aromatic N) is 1. The van der Waals surface area contributed by atoms with Crippen LogP contribution in [0.5, 0.6) is 0 Å². The van der Waals surface area contributed by atoms with Gasteiger partial charge in [-0.15, -0.1) is 24.0 Å². The molecule has 0 atom stereocenters. The minimum absolute atomic E-state index is 0. The first-order valence-electron chi connectivity index (χ1n) is 7.97. The highest BCUT2D eigenvalue weighted by atomic mass is 127. The third kappa shape index (κ3) is 6.77. The van der Waals surface area contributed by atoms with Crippen LogP contribution in [0.3, 0.4) is 0 Å². The van der Waals surface area contributed by atoms with Crippen LogP contribution in [0.2, 0.25) is 0 Å². The molecule has 1 aromatic rings. The number of anilines is 1. The first kappa shape index (κ1) is 19.6. The maximum atomic E-state index is 5.95. The van der Waals surface area contributed by atoms with E-state index in [2.05, 4.69) is 34.8 Å². The molecule has 3 N–H and O–H groups in total. The molecule has 3 nitrogen and oxygen atoms in total. The molecule has 0 saturated carbocycles. The number of aryl methyl sites for hydroxylation is 2. The van der Waals surface area contributed by atoms with Crippen LogP contribution in [0.25, 0.3) is 0 Å². The molecule has 124 valence electrons. The summed E-state index contributed by atoms with van der Waals surface area (Å²) >= 11 is 1.92. The maximum Gasteiger partial charge on any atom is 0.193 e. The standard InChI is InChI=1S/C17H27N3S.HI/c1-21-12-5-3-2-4-11-19-17(18)20-16-10-9-14-7-6-8-15(14)13-16;/h9-10,13H,2-8,11-12H2,1H3,(H3,18,19,20);1H. The fourth-order valence-electron chi connectivity index (χ4n) is 2.75. The van der Waals surface area contributed by atoms with Crippen LogP contribution in [0.1, 0.15) is 43.2 Å². The Morgan fingerprint density at radius 2 is 1.95 bits per heavy atom. The molecule has 1 aromatic carbocycles. The summed E-state index contributed by atoms with van der Waals surface area (Å²) in [4.78, 5) is 4.41. The van der Waals surface area contributed by atoms with E-state index in [9.17, 15) is 0 Å². The van der Waals surface area contributed by atoms with E-state index in [0.717, 1.165) is 18.7 Å². The van der Waals surface area contributed by atoms with Gasteiger partial charge in [0.1, 0.15) is 0 Å². The van der Waals surface area contributed by atoms with Gasteiger partial charge in [-0.05, 0) is 67.4 Å². The Morgan fingerprint density at radius 1 is 1.18 bits per heavy atom. The molecule has 1 aliphatic carbocycles. The average Bonchev–Trinajstić information content (AvgIpc) is 2.94. The summed E-state index contributed by atoms with van der Waals surface area (Å²) < 4.78 is 0. The second-order valence-corrected chi connectivity index (χ2v) is 6.62. The number of thioether (sulfide) groups is 1. The highest BCUT2D eigenvalue weighted by molar-refractivity contribution is 14.0. The molecule has 0 bridgehead atoms. The highest BCUT2D eigenvalue weighted by Crippen LogP contribution is 2.24. The average molecular weight is 433 g/mol. The third-order valence-electron chi connectivity index (χ3n) is 3.91. The Balaban J connectivity index is 0.00000242. The molecular formula is C17H28IN3S. The summed E-state index contributed by atoms with van der Waals surface area (Å²) in [6.07, 6.45) is 10.8. The van der Waals surface area contributed by atoms with E-state index in [1.807, 2.05) is 11.8 Å². The van der Waals surface area contributed by atoms with Gasteiger partial charge in [-0.2, -0.15) is 11.8 Å². The number of rotatable bonds is 8. The minimum Gasteiger partial charge on any atom is -0.370 e. The Morgan fingerprint density at radius 3 is 2.77 bits per heavy atom. The number of aliphatic imine (C=N–C) groups is 1. The zero-order valence-electron chi connectivity index (χ0n) is 13.4. The molecule has 0 radical (unpaired) electrons. The van der Waals surface area contributed by atoms with Crippen molar-refractivity contribution in [3.8, 4) is 0 Å². The molecule has 0 spiro atoms. The van der Waals surface area contributed by atoms with Crippen LogP contribution in [0, 0.1) is 0 Å². The van der Waals surface area contributed by atoms with Crippen LogP contribution < -0.4 is 11.1 Å². The van der Waals surface area contributed by atoms with Crippen LogP contribution >= 0.6 is 35.7 Å². The Kier molecular flexibility index (Phi) is 9.95. The molecule has 1 aliphatic rings. The monoisotopic (exact) mass is 433 g/mol. The Bertz CT molecular complexity index is 477. The lowest BCUT2D eigenvalue weighted by atomic mass is 10.1. The molecule has 0 heterocycles. The Labute approximate surface area is 155 Å². The SMILES string of the molecule is CSCCCCCCN=C(N)Nc1ccc2c(c1)CCC2.I. The molecular weight excluding hydrogens is 405 g/mol. The molecule has 0 aliphatic heterocycles. The molecule has 0 saturated heterocycles. The second kappa shape index (κ2) is 11.2. The van der Waals surface area contributed by atoms with Gasteiger partial charge in [0.2, 0.25) is 0 Å². The predicted molar refractivity (Wildman–Crippen MR) is 111 cm³/mol. The second-order valence-electron chi connectivity index (χ2n) is 5.64. The third-order valence-corrected chi connectivity index (χ3v) is 4.61. The fraction of sp³-hybridized carbons (Fsp3) is 0.588. The highest BCUT2D eigenvalue weighted by Gasteiger charge is 2.10. The lowest BCUT2D eigenvalue weighted by molar-refractivity contribution is 0.678. The number of hydrogen-bond donors (Lipinski definition) is 2. The predicted octanol–water partition coefficient (Wildman–Crippen LogP) is 4.44. The smallest absolute Gasteiger partial charge is 0.193 e. The van der Waals surface area contributed by atoms with Crippen molar-refractivity contribution in [3.05, 3.63) is 29.3 Å². The first-order valence-corrected chi connectivity index (χ1v) is 9.36. The van der Waals surface area contributed by atoms with Crippen molar-refractivity contribution in [2.45, 2.75) is 44.9 Å². The number of unbranched alkanes of at least 4 members (excludes halogenated alkanes) is 3. The first-order chi connectivity index (χ1) is 10.3. The van der Waals surface area contributed by atoms with Gasteiger partial charge in [-0.1, -0.05) is 18.9 Å². The topological polar surface area (TPSA) is 50.4 Å². The fourth-order valence-corrected chi connectivity index (χ4v) is 3.24. The zero-order valence-corrected chi connectivity index (χ0v) is 16.6. The van der Waals surface area contributed by atoms with E-state index < -0.39 is 0 Å².